The van der Waals surface area contributed by atoms with E-state index in [-0.39, 0.29) is 61.4 Å². The predicted octanol–water partition coefficient (Wildman–Crippen LogP) is 8.31. The molecule has 0 aliphatic carbocycles. The number of rotatable bonds is 31. The van der Waals surface area contributed by atoms with Gasteiger partial charge >= 0.3 is 0 Å². The Labute approximate surface area is 363 Å². The molecule has 0 radical (unpaired) electrons. The summed E-state index contributed by atoms with van der Waals surface area (Å²) in [5.74, 6) is 1.68. The van der Waals surface area contributed by atoms with Crippen LogP contribution in [-0.4, -0.2) is 86.2 Å². The summed E-state index contributed by atoms with van der Waals surface area (Å²) in [6.45, 7) is 9.45. The first-order valence-corrected chi connectivity index (χ1v) is 20.3. The largest absolute Gasteiger partial charge is 0.494 e. The van der Waals surface area contributed by atoms with Gasteiger partial charge in [0, 0.05) is 26.2 Å². The van der Waals surface area contributed by atoms with Gasteiger partial charge in [0.15, 0.2) is 0 Å². The average Bonchev–Trinajstić information content (AvgIpc) is 3.16. The van der Waals surface area contributed by atoms with E-state index in [2.05, 4.69) is 38.1 Å². The molecule has 2 amide bonds. The SMILES string of the molecule is CCCCCCN(CCCOc1ccc(-c2ccc(OCCCN(CCCCCC)C(=O)[C@@H](N)CCCCN)cc2)cc1)C(=O)[C@@H](N)CCCCN.Cl.Cl.Cl.Cl. The lowest BCUT2D eigenvalue weighted by atomic mass is 10.1. The zero-order chi connectivity index (χ0) is 37.8. The highest BCUT2D eigenvalue weighted by molar-refractivity contribution is 5.86. The predicted molar refractivity (Wildman–Crippen MR) is 244 cm³/mol. The van der Waals surface area contributed by atoms with E-state index in [1.165, 1.54) is 12.8 Å². The lowest BCUT2D eigenvalue weighted by molar-refractivity contribution is -0.133. The van der Waals surface area contributed by atoms with Gasteiger partial charge in [-0.05, 0) is 99.8 Å². The molecule has 0 saturated carbocycles. The zero-order valence-electron chi connectivity index (χ0n) is 34.2. The number of carbonyl (C=O) groups is 2. The van der Waals surface area contributed by atoms with Crippen LogP contribution in [0.25, 0.3) is 11.1 Å². The molecule has 2 rings (SSSR count). The van der Waals surface area contributed by atoms with Gasteiger partial charge in [-0.3, -0.25) is 9.59 Å². The molecule has 0 unspecified atom stereocenters. The second kappa shape index (κ2) is 37.3. The molecular weight excluding hydrogens is 794 g/mol. The zero-order valence-corrected chi connectivity index (χ0v) is 37.5. The highest BCUT2D eigenvalue weighted by atomic mass is 35.5. The van der Waals surface area contributed by atoms with E-state index in [9.17, 15) is 9.59 Å². The van der Waals surface area contributed by atoms with Crippen molar-refractivity contribution in [1.82, 2.24) is 9.80 Å². The van der Waals surface area contributed by atoms with Crippen LogP contribution in [0.2, 0.25) is 0 Å². The fourth-order valence-electron chi connectivity index (χ4n) is 6.23. The van der Waals surface area contributed by atoms with Crippen molar-refractivity contribution in [3.63, 3.8) is 0 Å². The molecule has 2 atom stereocenters. The molecule has 56 heavy (non-hydrogen) atoms. The normalized spacial score (nSPS) is 11.5. The molecule has 0 bridgehead atoms. The van der Waals surface area contributed by atoms with Crippen molar-refractivity contribution >= 4 is 61.4 Å². The van der Waals surface area contributed by atoms with Gasteiger partial charge in [0.25, 0.3) is 0 Å². The molecule has 0 aliphatic rings. The van der Waals surface area contributed by atoms with Gasteiger partial charge in [-0.2, -0.15) is 0 Å². The third-order valence-electron chi connectivity index (χ3n) is 9.48. The lowest BCUT2D eigenvalue weighted by Crippen LogP contribution is -2.45. The first kappa shape index (κ1) is 58.3. The van der Waals surface area contributed by atoms with Crippen LogP contribution in [0.15, 0.2) is 48.5 Å². The summed E-state index contributed by atoms with van der Waals surface area (Å²) in [5.41, 5.74) is 25.9. The number of benzene rings is 2. The van der Waals surface area contributed by atoms with Crippen LogP contribution in [-0.2, 0) is 9.59 Å². The number of unbranched alkanes of at least 4 members (excludes halogenated alkanes) is 8. The van der Waals surface area contributed by atoms with Gasteiger partial charge in [-0.15, -0.1) is 49.6 Å². The summed E-state index contributed by atoms with van der Waals surface area (Å²) in [7, 11) is 0. The summed E-state index contributed by atoms with van der Waals surface area (Å²) < 4.78 is 12.1. The van der Waals surface area contributed by atoms with Crippen LogP contribution in [0.3, 0.4) is 0 Å². The molecule has 0 heterocycles. The minimum Gasteiger partial charge on any atom is -0.494 e. The topological polar surface area (TPSA) is 163 Å². The number of nitrogens with zero attached hydrogens (tertiary/aromatic N) is 2. The van der Waals surface area contributed by atoms with Crippen molar-refractivity contribution in [3.8, 4) is 22.6 Å². The Morgan fingerprint density at radius 3 is 1.16 bits per heavy atom. The molecule has 2 aromatic rings. The van der Waals surface area contributed by atoms with E-state index >= 15 is 0 Å². The molecule has 2 aromatic carbocycles. The fraction of sp³-hybridized carbons (Fsp3) is 0.667. The van der Waals surface area contributed by atoms with E-state index in [1.807, 2.05) is 34.1 Å². The number of nitrogens with two attached hydrogens (primary N) is 4. The molecule has 0 saturated heterocycles. The Morgan fingerprint density at radius 1 is 0.500 bits per heavy atom. The summed E-state index contributed by atoms with van der Waals surface area (Å²) >= 11 is 0. The lowest BCUT2D eigenvalue weighted by Gasteiger charge is -2.26. The van der Waals surface area contributed by atoms with E-state index in [1.54, 1.807) is 0 Å². The average molecular weight is 871 g/mol. The molecule has 0 spiro atoms. The summed E-state index contributed by atoms with van der Waals surface area (Å²) in [6, 6.07) is 15.2. The molecule has 10 nitrogen and oxygen atoms in total. The molecule has 0 aromatic heterocycles. The fourth-order valence-corrected chi connectivity index (χ4v) is 6.23. The van der Waals surface area contributed by atoms with Crippen molar-refractivity contribution < 1.29 is 19.1 Å². The van der Waals surface area contributed by atoms with Crippen molar-refractivity contribution in [2.45, 2.75) is 129 Å². The van der Waals surface area contributed by atoms with Gasteiger partial charge in [-0.25, -0.2) is 0 Å². The van der Waals surface area contributed by atoms with Crippen LogP contribution in [0.5, 0.6) is 11.5 Å². The highest BCUT2D eigenvalue weighted by Crippen LogP contribution is 2.25. The number of ether oxygens (including phenoxy) is 2. The Balaban J connectivity index is -0.00000702. The number of halogens is 4. The first-order valence-electron chi connectivity index (χ1n) is 20.3. The monoisotopic (exact) mass is 868 g/mol. The maximum absolute atomic E-state index is 13.1. The second-order valence-electron chi connectivity index (χ2n) is 14.0. The smallest absolute Gasteiger partial charge is 0.239 e. The van der Waals surface area contributed by atoms with E-state index < -0.39 is 12.1 Å². The molecule has 326 valence electrons. The van der Waals surface area contributed by atoms with Crippen LogP contribution in [0.4, 0.5) is 0 Å². The number of hydrogen-bond acceptors (Lipinski definition) is 8. The second-order valence-corrected chi connectivity index (χ2v) is 14.0. The van der Waals surface area contributed by atoms with Crippen LogP contribution < -0.4 is 32.4 Å². The number of hydrogen-bond donors (Lipinski definition) is 4. The summed E-state index contributed by atoms with van der Waals surface area (Å²) in [4.78, 5) is 30.0. The van der Waals surface area contributed by atoms with Crippen molar-refractivity contribution in [2.75, 3.05) is 52.5 Å². The Bertz CT molecular complexity index is 1120. The van der Waals surface area contributed by atoms with Gasteiger partial charge < -0.3 is 42.2 Å². The Hall–Kier alpha value is -2.02. The standard InChI is InChI=1S/C42H72N6O4.4ClH/c1-3-5-7-13-29-47(41(49)39(45)17-9-11-27-43)31-15-33-51-37-23-19-35(20-24-37)36-21-25-38(26-22-36)52-34-16-32-48(30-14-8-6-4-2)42(50)40(46)18-10-12-28-44;;;;/h19-26,39-40H,3-18,27-34,43-46H2,1-2H3;4*1H/t39-,40-;;;;/m0..../s1. The van der Waals surface area contributed by atoms with Crippen LogP contribution in [0, 0.1) is 0 Å². The molecular formula is C42H76Cl4N6O4. The Morgan fingerprint density at radius 2 is 0.839 bits per heavy atom. The molecule has 14 heteroatoms. The summed E-state index contributed by atoms with van der Waals surface area (Å²) in [5, 5.41) is 0. The number of amides is 2. The van der Waals surface area contributed by atoms with Gasteiger partial charge in [-0.1, -0.05) is 89.5 Å². The minimum absolute atomic E-state index is 0. The van der Waals surface area contributed by atoms with Gasteiger partial charge in [0.05, 0.1) is 25.3 Å². The maximum Gasteiger partial charge on any atom is 0.239 e. The quantitative estimate of drug-likeness (QED) is 0.0550. The van der Waals surface area contributed by atoms with E-state index in [0.29, 0.717) is 52.2 Å². The third-order valence-corrected chi connectivity index (χ3v) is 9.48. The van der Waals surface area contributed by atoms with Gasteiger partial charge in [0.2, 0.25) is 11.8 Å². The van der Waals surface area contributed by atoms with E-state index in [0.717, 1.165) is 113 Å². The number of carbonyl (C=O) groups excluding carboxylic acids is 2. The van der Waals surface area contributed by atoms with Gasteiger partial charge in [0.1, 0.15) is 11.5 Å². The minimum atomic E-state index is -0.466. The molecule has 8 N–H and O–H groups in total. The summed E-state index contributed by atoms with van der Waals surface area (Å²) in [6.07, 6.45) is 15.3. The Kier molecular flexibility index (Phi) is 38.8. The molecule has 0 fully saturated rings. The van der Waals surface area contributed by atoms with Crippen molar-refractivity contribution in [3.05, 3.63) is 48.5 Å². The third kappa shape index (κ3) is 24.7. The van der Waals surface area contributed by atoms with E-state index in [4.69, 9.17) is 32.4 Å². The van der Waals surface area contributed by atoms with Crippen LogP contribution in [0.1, 0.15) is 117 Å². The van der Waals surface area contributed by atoms with Crippen molar-refractivity contribution in [2.24, 2.45) is 22.9 Å². The molecule has 0 aliphatic heterocycles. The maximum atomic E-state index is 13.1. The van der Waals surface area contributed by atoms with Crippen molar-refractivity contribution in [1.29, 1.82) is 0 Å². The van der Waals surface area contributed by atoms with Crippen LogP contribution >= 0.6 is 49.6 Å². The highest BCUT2D eigenvalue weighted by Gasteiger charge is 2.21. The first-order chi connectivity index (χ1) is 25.3.